The summed E-state index contributed by atoms with van der Waals surface area (Å²) in [5.74, 6) is 0. The lowest BCUT2D eigenvalue weighted by Crippen LogP contribution is -2.19. The van der Waals surface area contributed by atoms with Crippen molar-refractivity contribution in [3.05, 3.63) is 0 Å². The van der Waals surface area contributed by atoms with E-state index in [1.165, 1.54) is 64.2 Å². The Morgan fingerprint density at radius 2 is 1.15 bits per heavy atom. The van der Waals surface area contributed by atoms with Gasteiger partial charge in [0.2, 0.25) is 0 Å². The quantitative estimate of drug-likeness (QED) is 0.452. The minimum absolute atomic E-state index is 0. The maximum absolute atomic E-state index is 8.61. The normalized spacial score (nSPS) is 11.4. The van der Waals surface area contributed by atoms with E-state index in [0.717, 1.165) is 13.1 Å². The van der Waals surface area contributed by atoms with Crippen LogP contribution in [0.1, 0.15) is 85.0 Å². The summed E-state index contributed by atoms with van der Waals surface area (Å²) in [6.45, 7) is 9.07. The van der Waals surface area contributed by atoms with Gasteiger partial charge in [0.1, 0.15) is 0 Å². The molecule has 0 unspecified atom stereocenters. The Hall–Kier alpha value is 0.400. The van der Waals surface area contributed by atoms with Crippen LogP contribution < -0.4 is 5.32 Å². The van der Waals surface area contributed by atoms with Crippen LogP contribution in [0.4, 0.5) is 0 Å². The number of nitrogens with one attached hydrogen (secondary N) is 1. The molecule has 0 saturated heterocycles. The summed E-state index contributed by atoms with van der Waals surface area (Å²) < 4.78 is 0. The summed E-state index contributed by atoms with van der Waals surface area (Å²) in [4.78, 5) is 0. The summed E-state index contributed by atoms with van der Waals surface area (Å²) in [5.41, 5.74) is 0.518. The molecule has 0 aromatic rings. The standard InChI is InChI=1S/C17H37NO.BrH/c1-17(2,3)13-11-9-7-5-4-6-8-10-12-14-18-15-16-19;/h18-19H,4-16H2,1-3H3;1H. The fourth-order valence-electron chi connectivity index (χ4n) is 2.35. The van der Waals surface area contributed by atoms with Gasteiger partial charge in [-0.1, -0.05) is 72.1 Å². The van der Waals surface area contributed by atoms with Gasteiger partial charge in [0.05, 0.1) is 6.61 Å². The molecule has 2 N–H and O–H groups in total. The molecule has 0 spiro atoms. The van der Waals surface area contributed by atoms with Gasteiger partial charge in [0.25, 0.3) is 0 Å². The van der Waals surface area contributed by atoms with Gasteiger partial charge in [0, 0.05) is 6.54 Å². The second-order valence-corrected chi connectivity index (χ2v) is 6.97. The third kappa shape index (κ3) is 20.7. The summed E-state index contributed by atoms with van der Waals surface area (Å²) >= 11 is 0. The molecule has 0 radical (unpaired) electrons. The van der Waals surface area contributed by atoms with Crippen molar-refractivity contribution in [2.75, 3.05) is 19.7 Å². The first-order valence-corrected chi connectivity index (χ1v) is 8.38. The number of hydrogen-bond donors (Lipinski definition) is 2. The van der Waals surface area contributed by atoms with Crippen LogP contribution in [0.25, 0.3) is 0 Å². The third-order valence-electron chi connectivity index (χ3n) is 3.57. The molecule has 0 heterocycles. The van der Waals surface area contributed by atoms with E-state index in [4.69, 9.17) is 5.11 Å². The summed E-state index contributed by atoms with van der Waals surface area (Å²) in [6.07, 6.45) is 13.8. The van der Waals surface area contributed by atoms with E-state index in [2.05, 4.69) is 26.1 Å². The fourth-order valence-corrected chi connectivity index (χ4v) is 2.35. The number of unbranched alkanes of at least 4 members (excludes halogenated alkanes) is 8. The second-order valence-electron chi connectivity index (χ2n) is 6.97. The molecule has 0 aromatic carbocycles. The zero-order valence-electron chi connectivity index (χ0n) is 14.0. The van der Waals surface area contributed by atoms with Gasteiger partial charge in [-0.15, -0.1) is 17.0 Å². The Bertz CT molecular complexity index is 180. The van der Waals surface area contributed by atoms with Crippen molar-refractivity contribution in [2.24, 2.45) is 5.41 Å². The maximum Gasteiger partial charge on any atom is 0.0555 e. The first-order chi connectivity index (χ1) is 9.06. The van der Waals surface area contributed by atoms with Gasteiger partial charge in [-0.25, -0.2) is 0 Å². The number of hydrogen-bond acceptors (Lipinski definition) is 2. The molecule has 20 heavy (non-hydrogen) atoms. The molecule has 0 aliphatic rings. The summed E-state index contributed by atoms with van der Waals surface area (Å²) in [6, 6.07) is 0. The summed E-state index contributed by atoms with van der Waals surface area (Å²) in [5, 5.41) is 11.8. The minimum Gasteiger partial charge on any atom is -0.395 e. The van der Waals surface area contributed by atoms with Crippen molar-refractivity contribution in [3.8, 4) is 0 Å². The second kappa shape index (κ2) is 15.8. The van der Waals surface area contributed by atoms with E-state index in [-0.39, 0.29) is 23.6 Å². The molecule has 0 saturated carbocycles. The number of aliphatic hydroxyl groups is 1. The van der Waals surface area contributed by atoms with Gasteiger partial charge in [0.15, 0.2) is 0 Å². The van der Waals surface area contributed by atoms with Gasteiger partial charge in [-0.05, 0) is 24.8 Å². The highest BCUT2D eigenvalue weighted by molar-refractivity contribution is 8.93. The molecule has 0 amide bonds. The molecule has 0 bridgehead atoms. The lowest BCUT2D eigenvalue weighted by Gasteiger charge is -2.17. The van der Waals surface area contributed by atoms with E-state index in [1.54, 1.807) is 0 Å². The maximum atomic E-state index is 8.61. The van der Waals surface area contributed by atoms with Gasteiger partial charge >= 0.3 is 0 Å². The monoisotopic (exact) mass is 351 g/mol. The van der Waals surface area contributed by atoms with Gasteiger partial charge in [-0.3, -0.25) is 0 Å². The van der Waals surface area contributed by atoms with Crippen LogP contribution in [0.2, 0.25) is 0 Å². The average Bonchev–Trinajstić information content (AvgIpc) is 2.34. The van der Waals surface area contributed by atoms with Crippen molar-refractivity contribution in [1.82, 2.24) is 5.32 Å². The van der Waals surface area contributed by atoms with Crippen LogP contribution in [0.15, 0.2) is 0 Å². The largest absolute Gasteiger partial charge is 0.395 e. The van der Waals surface area contributed by atoms with Crippen LogP contribution in [0.5, 0.6) is 0 Å². The van der Waals surface area contributed by atoms with Crippen LogP contribution in [0.3, 0.4) is 0 Å². The van der Waals surface area contributed by atoms with Crippen molar-refractivity contribution >= 4 is 17.0 Å². The molecule has 0 aromatic heterocycles. The predicted molar refractivity (Wildman–Crippen MR) is 95.9 cm³/mol. The van der Waals surface area contributed by atoms with Crippen molar-refractivity contribution < 1.29 is 5.11 Å². The van der Waals surface area contributed by atoms with Crippen molar-refractivity contribution in [2.45, 2.75) is 85.0 Å². The molecule has 0 atom stereocenters. The Labute approximate surface area is 137 Å². The first kappa shape index (κ1) is 22.7. The fraction of sp³-hybridized carbons (Fsp3) is 1.00. The molecule has 124 valence electrons. The SMILES string of the molecule is Br.CC(C)(C)CCCCCCCCCCCNCCO. The highest BCUT2D eigenvalue weighted by Crippen LogP contribution is 2.22. The van der Waals surface area contributed by atoms with Crippen LogP contribution in [-0.4, -0.2) is 24.8 Å². The van der Waals surface area contributed by atoms with Crippen LogP contribution >= 0.6 is 17.0 Å². The van der Waals surface area contributed by atoms with E-state index < -0.39 is 0 Å². The predicted octanol–water partition coefficient (Wildman–Crippen LogP) is 5.09. The smallest absolute Gasteiger partial charge is 0.0555 e. The Morgan fingerprint density at radius 3 is 1.60 bits per heavy atom. The van der Waals surface area contributed by atoms with Gasteiger partial charge < -0.3 is 10.4 Å². The van der Waals surface area contributed by atoms with E-state index in [9.17, 15) is 0 Å². The average molecular weight is 352 g/mol. The number of rotatable bonds is 13. The van der Waals surface area contributed by atoms with Crippen molar-refractivity contribution in [3.63, 3.8) is 0 Å². The van der Waals surface area contributed by atoms with Crippen LogP contribution in [-0.2, 0) is 0 Å². The highest BCUT2D eigenvalue weighted by atomic mass is 79.9. The Balaban J connectivity index is 0. The first-order valence-electron chi connectivity index (χ1n) is 8.38. The molecule has 0 fully saturated rings. The molecule has 0 rings (SSSR count). The lowest BCUT2D eigenvalue weighted by atomic mass is 9.89. The lowest BCUT2D eigenvalue weighted by molar-refractivity contribution is 0.292. The number of aliphatic hydroxyl groups excluding tert-OH is 1. The molecular weight excluding hydrogens is 314 g/mol. The number of halogens is 1. The molecule has 0 aliphatic carbocycles. The highest BCUT2D eigenvalue weighted by Gasteiger charge is 2.08. The Kier molecular flexibility index (Phi) is 17.9. The zero-order valence-corrected chi connectivity index (χ0v) is 15.8. The topological polar surface area (TPSA) is 32.3 Å². The Morgan fingerprint density at radius 1 is 0.700 bits per heavy atom. The zero-order chi connectivity index (χ0) is 14.4. The van der Waals surface area contributed by atoms with E-state index in [1.807, 2.05) is 0 Å². The van der Waals surface area contributed by atoms with Crippen molar-refractivity contribution in [1.29, 1.82) is 0 Å². The van der Waals surface area contributed by atoms with Gasteiger partial charge in [-0.2, -0.15) is 0 Å². The molecule has 2 nitrogen and oxygen atoms in total. The van der Waals surface area contributed by atoms with E-state index >= 15 is 0 Å². The van der Waals surface area contributed by atoms with Crippen LogP contribution in [0, 0.1) is 5.41 Å². The van der Waals surface area contributed by atoms with E-state index in [0.29, 0.717) is 5.41 Å². The molecule has 0 aliphatic heterocycles. The molecular formula is C17H38BrNO. The summed E-state index contributed by atoms with van der Waals surface area (Å²) in [7, 11) is 0. The minimum atomic E-state index is 0. The third-order valence-corrected chi connectivity index (χ3v) is 3.57. The molecule has 3 heteroatoms.